The van der Waals surface area contributed by atoms with E-state index in [1.54, 1.807) is 24.3 Å². The summed E-state index contributed by atoms with van der Waals surface area (Å²) in [5.41, 5.74) is 2.84. The van der Waals surface area contributed by atoms with E-state index in [0.717, 1.165) is 42.2 Å². The van der Waals surface area contributed by atoms with Crippen LogP contribution in [0.15, 0.2) is 77.4 Å². The minimum absolute atomic E-state index is 0.0370. The summed E-state index contributed by atoms with van der Waals surface area (Å²) in [7, 11) is 0. The largest absolute Gasteiger partial charge is 0.276 e. The van der Waals surface area contributed by atoms with Crippen LogP contribution in [0, 0.1) is 27.7 Å². The molecule has 5 rings (SSSR count). The molecule has 1 heterocycles. The van der Waals surface area contributed by atoms with Gasteiger partial charge in [0.1, 0.15) is 11.6 Å². The van der Waals surface area contributed by atoms with E-state index in [9.17, 15) is 23.7 Å². The van der Waals surface area contributed by atoms with E-state index in [4.69, 9.17) is 16.7 Å². The van der Waals surface area contributed by atoms with Crippen molar-refractivity contribution >= 4 is 35.0 Å². The number of carbonyl (C=O) groups is 1. The Balaban J connectivity index is 1.60. The third-order valence-electron chi connectivity index (χ3n) is 6.52. The van der Waals surface area contributed by atoms with Crippen LogP contribution >= 0.6 is 11.6 Å². The molecule has 0 unspecified atom stereocenters. The van der Waals surface area contributed by atoms with Gasteiger partial charge in [-0.15, -0.1) is 0 Å². The highest BCUT2D eigenvalue weighted by Gasteiger charge is 2.44. The van der Waals surface area contributed by atoms with Crippen LogP contribution in [0.5, 0.6) is 0 Å². The Morgan fingerprint density at radius 2 is 1.72 bits per heavy atom. The summed E-state index contributed by atoms with van der Waals surface area (Å²) >= 11 is 6.28. The van der Waals surface area contributed by atoms with Gasteiger partial charge in [0.25, 0.3) is 11.6 Å². The summed E-state index contributed by atoms with van der Waals surface area (Å²) in [6, 6.07) is 15.1. The molecule has 0 aromatic heterocycles. The van der Waals surface area contributed by atoms with Crippen LogP contribution in [0.25, 0.3) is 6.08 Å². The molecule has 0 saturated heterocycles. The van der Waals surface area contributed by atoms with Gasteiger partial charge in [-0.3, -0.25) is 14.9 Å². The summed E-state index contributed by atoms with van der Waals surface area (Å²) in [4.78, 5) is 24.4. The van der Waals surface area contributed by atoms with Crippen molar-refractivity contribution in [2.45, 2.75) is 25.3 Å². The molecule has 9 heteroatoms. The van der Waals surface area contributed by atoms with Gasteiger partial charge in [0.2, 0.25) is 0 Å². The summed E-state index contributed by atoms with van der Waals surface area (Å²) in [6.45, 7) is 0. The number of benzene rings is 3. The lowest BCUT2D eigenvalue weighted by Crippen LogP contribution is -2.32. The molecule has 0 radical (unpaired) electrons. The number of hydrogen-bond donors (Lipinski definition) is 0. The molecule has 2 atom stereocenters. The zero-order chi connectivity index (χ0) is 25.4. The number of rotatable bonds is 4. The molecule has 1 amide bonds. The molecule has 2 aliphatic rings. The van der Waals surface area contributed by atoms with Gasteiger partial charge < -0.3 is 0 Å². The lowest BCUT2D eigenvalue weighted by atomic mass is 9.77. The van der Waals surface area contributed by atoms with Crippen LogP contribution < -0.4 is 0 Å². The summed E-state index contributed by atoms with van der Waals surface area (Å²) in [5, 5.41) is 17.4. The van der Waals surface area contributed by atoms with E-state index in [0.29, 0.717) is 5.56 Å². The predicted octanol–water partition coefficient (Wildman–Crippen LogP) is 6.96. The summed E-state index contributed by atoms with van der Waals surface area (Å²) in [6.07, 6.45) is 4.24. The van der Waals surface area contributed by atoms with Crippen LogP contribution in [-0.4, -0.2) is 21.6 Å². The third kappa shape index (κ3) is 4.52. The van der Waals surface area contributed by atoms with Crippen molar-refractivity contribution < 1.29 is 18.5 Å². The van der Waals surface area contributed by atoms with Crippen LogP contribution in [0.3, 0.4) is 0 Å². The topological polar surface area (TPSA) is 75.8 Å². The van der Waals surface area contributed by atoms with Crippen LogP contribution in [0.1, 0.15) is 46.8 Å². The maximum absolute atomic E-state index is 13.7. The van der Waals surface area contributed by atoms with E-state index < -0.39 is 22.7 Å². The Hall–Kier alpha value is -3.91. The smallest absolute Gasteiger partial charge is 0.267 e. The van der Waals surface area contributed by atoms with Gasteiger partial charge in [-0.25, -0.2) is 13.8 Å². The second kappa shape index (κ2) is 9.62. The van der Waals surface area contributed by atoms with Crippen molar-refractivity contribution in [3.05, 3.63) is 116 Å². The van der Waals surface area contributed by atoms with Crippen molar-refractivity contribution in [1.82, 2.24) is 5.01 Å². The SMILES string of the molecule is O=C(c1cc([N+](=O)[O-])ccc1Cl)N1N=C2/C(=C/c3ccc(F)cc3)CCC[C@H]2[C@@H]1c1ccc(F)cc1. The fraction of sp³-hybridized carbons (Fsp3) is 0.185. The zero-order valence-electron chi connectivity index (χ0n) is 18.9. The minimum Gasteiger partial charge on any atom is -0.267 e. The first kappa shape index (κ1) is 23.8. The molecule has 182 valence electrons. The van der Waals surface area contributed by atoms with Gasteiger partial charge in [-0.05, 0) is 72.4 Å². The highest BCUT2D eigenvalue weighted by molar-refractivity contribution is 6.34. The molecule has 36 heavy (non-hydrogen) atoms. The fourth-order valence-corrected chi connectivity index (χ4v) is 5.03. The van der Waals surface area contributed by atoms with Gasteiger partial charge in [0.15, 0.2) is 0 Å². The molecule has 0 spiro atoms. The van der Waals surface area contributed by atoms with Crippen molar-refractivity contribution in [2.24, 2.45) is 11.0 Å². The fourth-order valence-electron chi connectivity index (χ4n) is 4.84. The van der Waals surface area contributed by atoms with Crippen molar-refractivity contribution in [2.75, 3.05) is 0 Å². The van der Waals surface area contributed by atoms with Crippen molar-refractivity contribution in [3.8, 4) is 0 Å². The van der Waals surface area contributed by atoms with Crippen LogP contribution in [0.4, 0.5) is 14.5 Å². The Morgan fingerprint density at radius 3 is 2.39 bits per heavy atom. The monoisotopic (exact) mass is 507 g/mol. The average molecular weight is 508 g/mol. The Labute approximate surface area is 210 Å². The third-order valence-corrected chi connectivity index (χ3v) is 6.85. The second-order valence-corrected chi connectivity index (χ2v) is 9.18. The van der Waals surface area contributed by atoms with E-state index in [-0.39, 0.29) is 28.0 Å². The molecular weight excluding hydrogens is 488 g/mol. The quantitative estimate of drug-likeness (QED) is 0.283. The molecule has 6 nitrogen and oxygen atoms in total. The Morgan fingerprint density at radius 1 is 1.06 bits per heavy atom. The van der Waals surface area contributed by atoms with E-state index in [1.807, 2.05) is 6.08 Å². The number of non-ortho nitro benzene ring substituents is 1. The number of nitro groups is 1. The molecule has 3 aromatic carbocycles. The van der Waals surface area contributed by atoms with Crippen molar-refractivity contribution in [1.29, 1.82) is 0 Å². The van der Waals surface area contributed by atoms with E-state index in [2.05, 4.69) is 0 Å². The normalized spacial score (nSPS) is 20.2. The molecule has 1 fully saturated rings. The molecule has 0 bridgehead atoms. The number of halogens is 3. The van der Waals surface area contributed by atoms with Gasteiger partial charge in [0.05, 0.1) is 27.3 Å². The van der Waals surface area contributed by atoms with Gasteiger partial charge >= 0.3 is 0 Å². The van der Waals surface area contributed by atoms with Crippen LogP contribution in [0.2, 0.25) is 5.02 Å². The number of nitro benzene ring substituents is 1. The standard InChI is InChI=1S/C27H20ClF2N3O3/c28-24-13-12-21(33(35)36)15-23(24)27(34)32-26(17-6-10-20(30)11-7-17)22-3-1-2-18(25(22)31-32)14-16-4-8-19(29)9-5-16/h4-15,22,26H,1-3H2/b18-14+/t22-,26+/m1/s1. The first-order chi connectivity index (χ1) is 17.3. The second-order valence-electron chi connectivity index (χ2n) is 8.77. The Kier molecular flexibility index (Phi) is 6.36. The number of hydrogen-bond acceptors (Lipinski definition) is 4. The number of carbonyl (C=O) groups excluding carboxylic acids is 1. The van der Waals surface area contributed by atoms with E-state index >= 15 is 0 Å². The molecule has 3 aromatic rings. The zero-order valence-corrected chi connectivity index (χ0v) is 19.7. The first-order valence-electron chi connectivity index (χ1n) is 11.4. The summed E-state index contributed by atoms with van der Waals surface area (Å²) in [5.74, 6) is -1.49. The predicted molar refractivity (Wildman–Crippen MR) is 133 cm³/mol. The lowest BCUT2D eigenvalue weighted by Gasteiger charge is -2.29. The number of allylic oxidation sites excluding steroid dienone is 1. The lowest BCUT2D eigenvalue weighted by molar-refractivity contribution is -0.384. The molecule has 1 aliphatic carbocycles. The highest BCUT2D eigenvalue weighted by Crippen LogP contribution is 2.45. The van der Waals surface area contributed by atoms with E-state index in [1.165, 1.54) is 41.4 Å². The number of amides is 1. The number of hydrazone groups is 1. The average Bonchev–Trinajstić information content (AvgIpc) is 3.26. The first-order valence-corrected chi connectivity index (χ1v) is 11.8. The van der Waals surface area contributed by atoms with Gasteiger partial charge in [-0.2, -0.15) is 5.10 Å². The molecule has 1 saturated carbocycles. The minimum atomic E-state index is -0.594. The van der Waals surface area contributed by atoms with Crippen molar-refractivity contribution in [3.63, 3.8) is 0 Å². The summed E-state index contributed by atoms with van der Waals surface area (Å²) < 4.78 is 27.1. The molecule has 0 N–H and O–H groups in total. The Bertz CT molecular complexity index is 1400. The maximum atomic E-state index is 13.7. The molecule has 1 aliphatic heterocycles. The maximum Gasteiger partial charge on any atom is 0.276 e. The number of fused-ring (bicyclic) bond motifs is 1. The highest BCUT2D eigenvalue weighted by atomic mass is 35.5. The van der Waals surface area contributed by atoms with Gasteiger partial charge in [-0.1, -0.05) is 35.9 Å². The van der Waals surface area contributed by atoms with Crippen LogP contribution in [-0.2, 0) is 0 Å². The molecular formula is C27H20ClF2N3O3. The van der Waals surface area contributed by atoms with Gasteiger partial charge in [0, 0.05) is 18.1 Å². The number of nitrogens with zero attached hydrogens (tertiary/aromatic N) is 3.